The number of carbonyl (C=O) groups is 1. The molecular weight excluding hydrogens is 407 g/mol. The number of ketones is 1. The number of methoxy groups -OCH3 is 1. The van der Waals surface area contributed by atoms with E-state index in [1.165, 1.54) is 19.2 Å². The number of phenols is 1. The Morgan fingerprint density at radius 2 is 1.69 bits per heavy atom. The van der Waals surface area contributed by atoms with Gasteiger partial charge in [0.05, 0.1) is 24.5 Å². The van der Waals surface area contributed by atoms with E-state index in [0.29, 0.717) is 24.2 Å². The zero-order valence-electron chi connectivity index (χ0n) is 17.6. The molecule has 5 rings (SSSR count). The van der Waals surface area contributed by atoms with E-state index in [-0.39, 0.29) is 23.3 Å². The second-order valence-corrected chi connectivity index (χ2v) is 8.15. The highest BCUT2D eigenvalue weighted by molar-refractivity contribution is 6.01. The van der Waals surface area contributed by atoms with Gasteiger partial charge in [0.25, 0.3) is 0 Å². The van der Waals surface area contributed by atoms with E-state index in [9.17, 15) is 14.3 Å². The fourth-order valence-corrected chi connectivity index (χ4v) is 4.59. The lowest BCUT2D eigenvalue weighted by Crippen LogP contribution is -2.26. The number of anilines is 2. The normalized spacial score (nSPS) is 19.9. The zero-order chi connectivity index (χ0) is 22.2. The van der Waals surface area contributed by atoms with Crippen LogP contribution in [0.15, 0.2) is 78.0 Å². The molecule has 0 spiro atoms. The van der Waals surface area contributed by atoms with Crippen LogP contribution in [0.4, 0.5) is 15.8 Å². The van der Waals surface area contributed by atoms with Crippen molar-refractivity contribution in [1.29, 1.82) is 0 Å². The number of para-hydroxylation sites is 2. The lowest BCUT2D eigenvalue weighted by atomic mass is 9.78. The number of hydrogen-bond acceptors (Lipinski definition) is 5. The molecule has 3 N–H and O–H groups in total. The van der Waals surface area contributed by atoms with Gasteiger partial charge in [0.1, 0.15) is 5.82 Å². The van der Waals surface area contributed by atoms with Gasteiger partial charge in [0, 0.05) is 17.7 Å². The Hall–Kier alpha value is -3.80. The molecule has 5 nitrogen and oxygen atoms in total. The van der Waals surface area contributed by atoms with Crippen LogP contribution in [-0.2, 0) is 4.79 Å². The van der Waals surface area contributed by atoms with Crippen molar-refractivity contribution in [3.63, 3.8) is 0 Å². The quantitative estimate of drug-likeness (QED) is 0.510. The monoisotopic (exact) mass is 430 g/mol. The maximum absolute atomic E-state index is 13.5. The molecule has 0 saturated carbocycles. The molecule has 2 aliphatic rings. The summed E-state index contributed by atoms with van der Waals surface area (Å²) in [5.74, 6) is 0.108. The van der Waals surface area contributed by atoms with Crippen LogP contribution < -0.4 is 15.4 Å². The Kier molecular flexibility index (Phi) is 5.05. The van der Waals surface area contributed by atoms with Gasteiger partial charge in [-0.2, -0.15) is 0 Å². The number of nitrogens with one attached hydrogen (secondary N) is 2. The van der Waals surface area contributed by atoms with E-state index in [1.54, 1.807) is 30.3 Å². The van der Waals surface area contributed by atoms with E-state index < -0.39 is 6.04 Å². The van der Waals surface area contributed by atoms with Crippen molar-refractivity contribution in [2.75, 3.05) is 17.7 Å². The number of ether oxygens (including phenoxy) is 1. The minimum absolute atomic E-state index is 0.0328. The standard InChI is InChI=1S/C26H23FN2O3/c1-32-24-14-16(8-11-22(24)30)26-25-21(28-19-4-2-3-5-20(19)29-26)12-17(13-23(25)31)15-6-9-18(27)10-7-15/h2-11,14,17,26,28-30H,12-13H2,1H3/t17-,26+/m0/s1. The number of carbonyl (C=O) groups excluding carboxylic acids is 1. The molecule has 0 bridgehead atoms. The fraction of sp³-hybridized carbons (Fsp3) is 0.192. The van der Waals surface area contributed by atoms with E-state index in [0.717, 1.165) is 28.2 Å². The molecule has 162 valence electrons. The van der Waals surface area contributed by atoms with Crippen LogP contribution in [0.3, 0.4) is 0 Å². The predicted octanol–water partition coefficient (Wildman–Crippen LogP) is 5.52. The zero-order valence-corrected chi connectivity index (χ0v) is 17.6. The SMILES string of the molecule is COc1cc([C@H]2Nc3ccccc3NC3=C2C(=O)C[C@@H](c2ccc(F)cc2)C3)ccc1O. The van der Waals surface area contributed by atoms with Gasteiger partial charge in [0.2, 0.25) is 0 Å². The van der Waals surface area contributed by atoms with Gasteiger partial charge in [-0.3, -0.25) is 4.79 Å². The number of halogens is 1. The van der Waals surface area contributed by atoms with Crippen LogP contribution in [0.2, 0.25) is 0 Å². The first-order valence-corrected chi connectivity index (χ1v) is 10.5. The summed E-state index contributed by atoms with van der Waals surface area (Å²) in [6.07, 6.45) is 0.977. The average Bonchev–Trinajstić information content (AvgIpc) is 2.97. The molecule has 0 saturated heterocycles. The highest BCUT2D eigenvalue weighted by Gasteiger charge is 2.36. The molecule has 0 amide bonds. The van der Waals surface area contributed by atoms with E-state index in [2.05, 4.69) is 10.6 Å². The van der Waals surface area contributed by atoms with Gasteiger partial charge < -0.3 is 20.5 Å². The molecule has 1 aliphatic heterocycles. The summed E-state index contributed by atoms with van der Waals surface area (Å²) < 4.78 is 18.7. The molecule has 0 aromatic heterocycles. The van der Waals surface area contributed by atoms with Crippen LogP contribution >= 0.6 is 0 Å². The van der Waals surface area contributed by atoms with Crippen molar-refractivity contribution in [2.45, 2.75) is 24.8 Å². The second kappa shape index (κ2) is 8.04. The summed E-state index contributed by atoms with van der Waals surface area (Å²) in [5.41, 5.74) is 5.06. The third-order valence-corrected chi connectivity index (χ3v) is 6.19. The van der Waals surface area contributed by atoms with Crippen molar-refractivity contribution in [2.24, 2.45) is 0 Å². The minimum Gasteiger partial charge on any atom is -0.504 e. The molecule has 6 heteroatoms. The number of phenolic OH excluding ortho intramolecular Hbond substituents is 1. The molecule has 0 fully saturated rings. The molecule has 3 aromatic carbocycles. The van der Waals surface area contributed by atoms with Crippen LogP contribution in [0.1, 0.15) is 35.9 Å². The maximum Gasteiger partial charge on any atom is 0.163 e. The lowest BCUT2D eigenvalue weighted by molar-refractivity contribution is -0.116. The first-order valence-electron chi connectivity index (χ1n) is 10.5. The topological polar surface area (TPSA) is 70.6 Å². The first kappa shape index (κ1) is 20.1. The molecule has 2 atom stereocenters. The van der Waals surface area contributed by atoms with Crippen LogP contribution in [0, 0.1) is 5.82 Å². The maximum atomic E-state index is 13.5. The van der Waals surface area contributed by atoms with Crippen molar-refractivity contribution in [3.8, 4) is 11.5 Å². The van der Waals surface area contributed by atoms with Crippen molar-refractivity contribution >= 4 is 17.2 Å². The molecule has 1 aliphatic carbocycles. The van der Waals surface area contributed by atoms with E-state index >= 15 is 0 Å². The summed E-state index contributed by atoms with van der Waals surface area (Å²) in [4.78, 5) is 13.5. The number of fused-ring (bicyclic) bond motifs is 1. The summed E-state index contributed by atoms with van der Waals surface area (Å²) in [5, 5.41) is 17.0. The van der Waals surface area contributed by atoms with Crippen LogP contribution in [-0.4, -0.2) is 18.0 Å². The Bertz CT molecular complexity index is 1220. The molecular formula is C26H23FN2O3. The molecule has 0 unspecified atom stereocenters. The third kappa shape index (κ3) is 3.58. The van der Waals surface area contributed by atoms with Crippen molar-refractivity contribution < 1.29 is 19.0 Å². The van der Waals surface area contributed by atoms with Gasteiger partial charge in [-0.1, -0.05) is 30.3 Å². The minimum atomic E-state index is -0.405. The van der Waals surface area contributed by atoms with Gasteiger partial charge in [-0.05, 0) is 59.9 Å². The first-order chi connectivity index (χ1) is 15.5. The fourth-order valence-electron chi connectivity index (χ4n) is 4.59. The van der Waals surface area contributed by atoms with Crippen molar-refractivity contribution in [3.05, 3.63) is 94.9 Å². The molecule has 3 aromatic rings. The number of benzene rings is 3. The lowest BCUT2D eigenvalue weighted by Gasteiger charge is -2.30. The summed E-state index contributed by atoms with van der Waals surface area (Å²) >= 11 is 0. The molecule has 1 heterocycles. The van der Waals surface area contributed by atoms with Crippen molar-refractivity contribution in [1.82, 2.24) is 0 Å². The van der Waals surface area contributed by atoms with Gasteiger partial charge in [-0.25, -0.2) is 4.39 Å². The number of Topliss-reactive ketones (excluding diaryl/α,β-unsaturated/α-hetero) is 1. The Morgan fingerprint density at radius 1 is 0.969 bits per heavy atom. The Balaban J connectivity index is 1.61. The Morgan fingerprint density at radius 3 is 2.44 bits per heavy atom. The second-order valence-electron chi connectivity index (χ2n) is 8.15. The smallest absolute Gasteiger partial charge is 0.163 e. The van der Waals surface area contributed by atoms with E-state index in [1.807, 2.05) is 24.3 Å². The van der Waals surface area contributed by atoms with Crippen LogP contribution in [0.5, 0.6) is 11.5 Å². The molecule has 32 heavy (non-hydrogen) atoms. The highest BCUT2D eigenvalue weighted by atomic mass is 19.1. The third-order valence-electron chi connectivity index (χ3n) is 6.19. The largest absolute Gasteiger partial charge is 0.504 e. The van der Waals surface area contributed by atoms with Crippen LogP contribution in [0.25, 0.3) is 0 Å². The number of allylic oxidation sites excluding steroid dienone is 1. The Labute approximate surface area is 185 Å². The van der Waals surface area contributed by atoms with E-state index in [4.69, 9.17) is 4.74 Å². The van der Waals surface area contributed by atoms with Gasteiger partial charge >= 0.3 is 0 Å². The van der Waals surface area contributed by atoms with Gasteiger partial charge in [0.15, 0.2) is 17.3 Å². The highest BCUT2D eigenvalue weighted by Crippen LogP contribution is 2.45. The van der Waals surface area contributed by atoms with Gasteiger partial charge in [-0.15, -0.1) is 0 Å². The molecule has 0 radical (unpaired) electrons. The number of aromatic hydroxyl groups is 1. The summed E-state index contributed by atoms with van der Waals surface area (Å²) in [6, 6.07) is 18.9. The summed E-state index contributed by atoms with van der Waals surface area (Å²) in [6.45, 7) is 0. The average molecular weight is 430 g/mol. The number of rotatable bonds is 3. The number of hydrogen-bond donors (Lipinski definition) is 3. The predicted molar refractivity (Wildman–Crippen MR) is 121 cm³/mol. The summed E-state index contributed by atoms with van der Waals surface area (Å²) in [7, 11) is 1.50.